The van der Waals surface area contributed by atoms with Gasteiger partial charge >= 0.3 is 6.03 Å². The Hall–Kier alpha value is -2.29. The van der Waals surface area contributed by atoms with Crippen LogP contribution in [0.15, 0.2) is 46.9 Å². The van der Waals surface area contributed by atoms with Crippen LogP contribution >= 0.6 is 22.6 Å². The van der Waals surface area contributed by atoms with Crippen molar-refractivity contribution in [2.24, 2.45) is 5.73 Å². The molecule has 2 aromatic rings. The van der Waals surface area contributed by atoms with Gasteiger partial charge in [0.2, 0.25) is 5.91 Å². The number of benzene rings is 1. The molecule has 0 fully saturated rings. The molecule has 3 amide bonds. The minimum atomic E-state index is -0.614. The number of hydrogen-bond donors (Lipinski definition) is 3. The van der Waals surface area contributed by atoms with E-state index in [2.05, 4.69) is 33.2 Å². The molecule has 0 bridgehead atoms. The number of rotatable bonds is 5. The molecule has 1 atom stereocenters. The number of amides is 3. The van der Waals surface area contributed by atoms with Gasteiger partial charge in [-0.1, -0.05) is 12.1 Å². The molecule has 2 rings (SSSR count). The van der Waals surface area contributed by atoms with Crippen molar-refractivity contribution in [3.8, 4) is 0 Å². The molecule has 0 saturated carbocycles. The third-order valence-corrected chi connectivity index (χ3v) is 3.61. The Bertz CT molecular complexity index is 722. The normalized spacial score (nSPS) is 12.1. The van der Waals surface area contributed by atoms with Gasteiger partial charge in [0, 0.05) is 11.8 Å². The standard InChI is InChI=1S/C16H16IN3O3/c1-10(11-2-4-12(5-3-11)20-16(18)22)19-15(21)9-7-13-6-8-14(17)23-13/h2-10H,1H3,(H,19,21)(H3,18,20,22). The molecule has 0 aliphatic heterocycles. The largest absolute Gasteiger partial charge is 0.451 e. The van der Waals surface area contributed by atoms with Crippen LogP contribution in [-0.4, -0.2) is 11.9 Å². The summed E-state index contributed by atoms with van der Waals surface area (Å²) in [6.07, 6.45) is 3.04. The molecule has 1 heterocycles. The Morgan fingerprint density at radius 1 is 1.22 bits per heavy atom. The highest BCUT2D eigenvalue weighted by atomic mass is 127. The van der Waals surface area contributed by atoms with Gasteiger partial charge in [-0.05, 0) is 65.4 Å². The summed E-state index contributed by atoms with van der Waals surface area (Å²) in [5, 5.41) is 5.33. The van der Waals surface area contributed by atoms with Crippen LogP contribution < -0.4 is 16.4 Å². The molecular formula is C16H16IN3O3. The highest BCUT2D eigenvalue weighted by Gasteiger charge is 2.08. The van der Waals surface area contributed by atoms with Crippen molar-refractivity contribution in [1.29, 1.82) is 0 Å². The molecule has 1 unspecified atom stereocenters. The molecule has 0 radical (unpaired) electrons. The first kappa shape index (κ1) is 17.1. The lowest BCUT2D eigenvalue weighted by molar-refractivity contribution is -0.117. The second-order valence-corrected chi connectivity index (χ2v) is 5.88. The molecule has 0 aliphatic rings. The van der Waals surface area contributed by atoms with Crippen LogP contribution in [0, 0.1) is 3.77 Å². The Morgan fingerprint density at radius 3 is 2.48 bits per heavy atom. The van der Waals surface area contributed by atoms with Gasteiger partial charge in [-0.3, -0.25) is 4.79 Å². The molecule has 0 saturated heterocycles. The monoisotopic (exact) mass is 425 g/mol. The van der Waals surface area contributed by atoms with E-state index in [-0.39, 0.29) is 11.9 Å². The van der Waals surface area contributed by atoms with Crippen LogP contribution in [0.25, 0.3) is 6.08 Å². The number of furan rings is 1. The first-order valence-electron chi connectivity index (χ1n) is 6.84. The van der Waals surface area contributed by atoms with Gasteiger partial charge in [-0.25, -0.2) is 4.79 Å². The average molecular weight is 425 g/mol. The van der Waals surface area contributed by atoms with Crippen LogP contribution in [0.5, 0.6) is 0 Å². The van der Waals surface area contributed by atoms with Crippen LogP contribution in [-0.2, 0) is 4.79 Å². The molecule has 7 heteroatoms. The quantitative estimate of drug-likeness (QED) is 0.507. The first-order chi connectivity index (χ1) is 10.9. The van der Waals surface area contributed by atoms with Crippen LogP contribution in [0.2, 0.25) is 0 Å². The third kappa shape index (κ3) is 5.44. The summed E-state index contributed by atoms with van der Waals surface area (Å²) < 4.78 is 6.11. The van der Waals surface area contributed by atoms with E-state index in [4.69, 9.17) is 10.2 Å². The summed E-state index contributed by atoms with van der Waals surface area (Å²) in [5.74, 6) is 0.405. The van der Waals surface area contributed by atoms with Crippen molar-refractivity contribution in [2.45, 2.75) is 13.0 Å². The highest BCUT2D eigenvalue weighted by molar-refractivity contribution is 14.1. The second-order valence-electron chi connectivity index (χ2n) is 4.82. The van der Waals surface area contributed by atoms with Crippen molar-refractivity contribution >= 4 is 46.3 Å². The predicted molar refractivity (Wildman–Crippen MR) is 96.7 cm³/mol. The zero-order valence-electron chi connectivity index (χ0n) is 12.4. The zero-order chi connectivity index (χ0) is 16.8. The fourth-order valence-electron chi connectivity index (χ4n) is 1.92. The lowest BCUT2D eigenvalue weighted by Gasteiger charge is -2.13. The first-order valence-corrected chi connectivity index (χ1v) is 7.92. The van der Waals surface area contributed by atoms with Crippen LogP contribution in [0.1, 0.15) is 24.3 Å². The smallest absolute Gasteiger partial charge is 0.316 e. The van der Waals surface area contributed by atoms with Crippen molar-refractivity contribution in [3.05, 3.63) is 57.6 Å². The number of hydrogen-bond acceptors (Lipinski definition) is 3. The maximum absolute atomic E-state index is 11.9. The van der Waals surface area contributed by atoms with Gasteiger partial charge in [0.05, 0.1) is 6.04 Å². The topological polar surface area (TPSA) is 97.4 Å². The minimum absolute atomic E-state index is 0.175. The van der Waals surface area contributed by atoms with Gasteiger partial charge in [-0.2, -0.15) is 0 Å². The molecule has 1 aromatic heterocycles. The fourth-order valence-corrected chi connectivity index (χ4v) is 2.35. The average Bonchev–Trinajstić information content (AvgIpc) is 2.91. The van der Waals surface area contributed by atoms with Crippen molar-refractivity contribution in [3.63, 3.8) is 0 Å². The third-order valence-electron chi connectivity index (χ3n) is 3.03. The second kappa shape index (κ2) is 7.82. The predicted octanol–water partition coefficient (Wildman–Crippen LogP) is 3.27. The zero-order valence-corrected chi connectivity index (χ0v) is 14.5. The number of nitrogens with two attached hydrogens (primary N) is 1. The van der Waals surface area contributed by atoms with E-state index in [1.165, 1.54) is 6.08 Å². The number of urea groups is 1. The van der Waals surface area contributed by atoms with Gasteiger partial charge in [0.15, 0.2) is 3.77 Å². The van der Waals surface area contributed by atoms with Crippen molar-refractivity contribution < 1.29 is 14.0 Å². The van der Waals surface area contributed by atoms with Gasteiger partial charge < -0.3 is 20.8 Å². The Labute approximate surface area is 147 Å². The summed E-state index contributed by atoms with van der Waals surface area (Å²) in [6, 6.07) is 9.90. The Balaban J connectivity index is 1.92. The number of carbonyl (C=O) groups excluding carboxylic acids is 2. The highest BCUT2D eigenvalue weighted by Crippen LogP contribution is 2.16. The molecule has 120 valence electrons. The summed E-state index contributed by atoms with van der Waals surface area (Å²) in [4.78, 5) is 22.7. The van der Waals surface area contributed by atoms with E-state index in [1.54, 1.807) is 24.3 Å². The van der Waals surface area contributed by atoms with E-state index in [9.17, 15) is 9.59 Å². The Kier molecular flexibility index (Phi) is 5.80. The van der Waals surface area contributed by atoms with Gasteiger partial charge in [0.25, 0.3) is 0 Å². The summed E-state index contributed by atoms with van der Waals surface area (Å²) in [7, 11) is 0. The van der Waals surface area contributed by atoms with Crippen molar-refractivity contribution in [2.75, 3.05) is 5.32 Å². The van der Waals surface area contributed by atoms with Crippen LogP contribution in [0.4, 0.5) is 10.5 Å². The molecule has 4 N–H and O–H groups in total. The minimum Gasteiger partial charge on any atom is -0.451 e. The molecule has 0 spiro atoms. The maximum atomic E-state index is 11.9. The summed E-state index contributed by atoms with van der Waals surface area (Å²) in [5.41, 5.74) is 6.56. The maximum Gasteiger partial charge on any atom is 0.316 e. The summed E-state index contributed by atoms with van der Waals surface area (Å²) in [6.45, 7) is 1.87. The van der Waals surface area contributed by atoms with E-state index in [0.717, 1.165) is 9.33 Å². The lowest BCUT2D eigenvalue weighted by Crippen LogP contribution is -2.24. The molecule has 1 aromatic carbocycles. The SMILES string of the molecule is CC(NC(=O)C=Cc1ccc(I)o1)c1ccc(NC(N)=O)cc1. The van der Waals surface area contributed by atoms with E-state index >= 15 is 0 Å². The summed E-state index contributed by atoms with van der Waals surface area (Å²) >= 11 is 2.06. The van der Waals surface area contributed by atoms with Crippen molar-refractivity contribution in [1.82, 2.24) is 5.32 Å². The van der Waals surface area contributed by atoms with Gasteiger partial charge in [-0.15, -0.1) is 0 Å². The van der Waals surface area contributed by atoms with Crippen LogP contribution in [0.3, 0.4) is 0 Å². The van der Waals surface area contributed by atoms with E-state index < -0.39 is 6.03 Å². The van der Waals surface area contributed by atoms with E-state index in [0.29, 0.717) is 11.4 Å². The molecular weight excluding hydrogens is 409 g/mol. The molecule has 6 nitrogen and oxygen atoms in total. The number of anilines is 1. The molecule has 0 aliphatic carbocycles. The lowest BCUT2D eigenvalue weighted by atomic mass is 10.1. The van der Waals surface area contributed by atoms with E-state index in [1.807, 2.05) is 25.1 Å². The number of primary amides is 1. The molecule has 23 heavy (non-hydrogen) atoms. The number of carbonyl (C=O) groups is 2. The number of halogens is 1. The Morgan fingerprint density at radius 2 is 1.91 bits per heavy atom. The van der Waals surface area contributed by atoms with Gasteiger partial charge in [0.1, 0.15) is 5.76 Å². The number of nitrogens with one attached hydrogen (secondary N) is 2. The fraction of sp³-hybridized carbons (Fsp3) is 0.125.